The molecule has 6 heteroatoms. The first-order valence-corrected chi connectivity index (χ1v) is 9.18. The molecular formula is C21H25N3O3. The van der Waals surface area contributed by atoms with Crippen molar-refractivity contribution in [1.82, 2.24) is 5.32 Å². The Morgan fingerprint density at radius 2 is 1.89 bits per heavy atom. The van der Waals surface area contributed by atoms with Gasteiger partial charge in [-0.25, -0.2) is 0 Å². The highest BCUT2D eigenvalue weighted by atomic mass is 16.5. The third-order valence-electron chi connectivity index (χ3n) is 4.59. The topological polar surface area (TPSA) is 70.7 Å². The number of fused-ring (bicyclic) bond motifs is 1. The standard InChI is InChI=1S/C21H25N3O3/c1-27-14-4-12-22-21(26)17-7-9-18(10-8-17)23-15-20(25)24-13-11-16-5-2-3-6-19(16)24/h2-3,5-10,23H,4,11-15H2,1H3,(H,22,26). The SMILES string of the molecule is COCCCNC(=O)c1ccc(NCC(=O)N2CCc3ccccc32)cc1. The van der Waals surface area contributed by atoms with Crippen LogP contribution in [0.25, 0.3) is 0 Å². The molecule has 1 heterocycles. The lowest BCUT2D eigenvalue weighted by atomic mass is 10.2. The van der Waals surface area contributed by atoms with Gasteiger partial charge < -0.3 is 20.3 Å². The molecule has 2 amide bonds. The Labute approximate surface area is 159 Å². The summed E-state index contributed by atoms with van der Waals surface area (Å²) >= 11 is 0. The van der Waals surface area contributed by atoms with E-state index in [-0.39, 0.29) is 18.4 Å². The van der Waals surface area contributed by atoms with Crippen molar-refractivity contribution in [2.45, 2.75) is 12.8 Å². The van der Waals surface area contributed by atoms with Gasteiger partial charge in [0.15, 0.2) is 0 Å². The summed E-state index contributed by atoms with van der Waals surface area (Å²) in [6.45, 7) is 2.15. The monoisotopic (exact) mass is 367 g/mol. The first-order chi connectivity index (χ1) is 13.2. The number of amides is 2. The lowest BCUT2D eigenvalue weighted by molar-refractivity contribution is -0.116. The molecule has 27 heavy (non-hydrogen) atoms. The summed E-state index contributed by atoms with van der Waals surface area (Å²) in [4.78, 5) is 26.4. The number of nitrogens with zero attached hydrogens (tertiary/aromatic N) is 1. The molecule has 142 valence electrons. The van der Waals surface area contributed by atoms with E-state index in [9.17, 15) is 9.59 Å². The van der Waals surface area contributed by atoms with Crippen LogP contribution >= 0.6 is 0 Å². The normalized spacial score (nSPS) is 12.6. The average Bonchev–Trinajstić information content (AvgIpc) is 3.14. The average molecular weight is 367 g/mol. The molecule has 0 spiro atoms. The zero-order valence-electron chi connectivity index (χ0n) is 15.5. The minimum Gasteiger partial charge on any atom is -0.385 e. The molecule has 6 nitrogen and oxygen atoms in total. The van der Waals surface area contributed by atoms with E-state index in [1.807, 2.05) is 35.2 Å². The maximum atomic E-state index is 12.5. The molecule has 0 aliphatic carbocycles. The van der Waals surface area contributed by atoms with Gasteiger partial charge in [-0.05, 0) is 48.7 Å². The van der Waals surface area contributed by atoms with Crippen molar-refractivity contribution in [3.05, 3.63) is 59.7 Å². The molecular weight excluding hydrogens is 342 g/mol. The molecule has 0 fully saturated rings. The third-order valence-corrected chi connectivity index (χ3v) is 4.59. The zero-order valence-corrected chi connectivity index (χ0v) is 15.5. The Morgan fingerprint density at radius 3 is 2.67 bits per heavy atom. The minimum atomic E-state index is -0.109. The first kappa shape index (κ1) is 18.9. The largest absolute Gasteiger partial charge is 0.385 e. The number of nitrogens with one attached hydrogen (secondary N) is 2. The first-order valence-electron chi connectivity index (χ1n) is 9.18. The summed E-state index contributed by atoms with van der Waals surface area (Å²) in [5.41, 5.74) is 3.63. The van der Waals surface area contributed by atoms with Crippen LogP contribution in [0, 0.1) is 0 Å². The lowest BCUT2D eigenvalue weighted by Crippen LogP contribution is -2.34. The number of ether oxygens (including phenoxy) is 1. The molecule has 0 saturated heterocycles. The van der Waals surface area contributed by atoms with E-state index in [1.54, 1.807) is 19.2 Å². The van der Waals surface area contributed by atoms with Gasteiger partial charge in [-0.3, -0.25) is 9.59 Å². The number of anilines is 2. The van der Waals surface area contributed by atoms with Crippen LogP contribution in [-0.2, 0) is 16.0 Å². The van der Waals surface area contributed by atoms with Crippen molar-refractivity contribution >= 4 is 23.2 Å². The highest BCUT2D eigenvalue weighted by Gasteiger charge is 2.23. The van der Waals surface area contributed by atoms with Gasteiger partial charge in [0, 0.05) is 43.7 Å². The number of benzene rings is 2. The van der Waals surface area contributed by atoms with Crippen LogP contribution in [0.5, 0.6) is 0 Å². The van der Waals surface area contributed by atoms with Gasteiger partial charge in [-0.15, -0.1) is 0 Å². The summed E-state index contributed by atoms with van der Waals surface area (Å²) in [5.74, 6) is -0.0673. The molecule has 0 radical (unpaired) electrons. The molecule has 2 aromatic rings. The molecule has 0 unspecified atom stereocenters. The molecule has 2 N–H and O–H groups in total. The maximum Gasteiger partial charge on any atom is 0.251 e. The fourth-order valence-corrected chi connectivity index (χ4v) is 3.13. The van der Waals surface area contributed by atoms with E-state index in [0.717, 1.165) is 30.8 Å². The van der Waals surface area contributed by atoms with E-state index in [2.05, 4.69) is 16.7 Å². The summed E-state index contributed by atoms with van der Waals surface area (Å²) in [6, 6.07) is 15.1. The second-order valence-corrected chi connectivity index (χ2v) is 6.46. The zero-order chi connectivity index (χ0) is 19.1. The van der Waals surface area contributed by atoms with Crippen molar-refractivity contribution in [3.63, 3.8) is 0 Å². The van der Waals surface area contributed by atoms with Crippen LogP contribution < -0.4 is 15.5 Å². The fourth-order valence-electron chi connectivity index (χ4n) is 3.13. The predicted octanol–water partition coefficient (Wildman–Crippen LogP) is 2.45. The highest BCUT2D eigenvalue weighted by Crippen LogP contribution is 2.27. The number of para-hydroxylation sites is 1. The summed E-state index contributed by atoms with van der Waals surface area (Å²) in [5, 5.41) is 5.99. The Morgan fingerprint density at radius 1 is 1.11 bits per heavy atom. The van der Waals surface area contributed by atoms with Gasteiger partial charge in [0.05, 0.1) is 6.54 Å². The number of carbonyl (C=O) groups is 2. The Hall–Kier alpha value is -2.86. The van der Waals surface area contributed by atoms with Crippen LogP contribution in [0.4, 0.5) is 11.4 Å². The molecule has 1 aliphatic heterocycles. The van der Waals surface area contributed by atoms with Gasteiger partial charge in [0.25, 0.3) is 5.91 Å². The van der Waals surface area contributed by atoms with E-state index in [0.29, 0.717) is 18.7 Å². The van der Waals surface area contributed by atoms with Crippen molar-refractivity contribution in [3.8, 4) is 0 Å². The van der Waals surface area contributed by atoms with Gasteiger partial charge in [-0.1, -0.05) is 18.2 Å². The Balaban J connectivity index is 1.49. The minimum absolute atomic E-state index is 0.0416. The molecule has 0 bridgehead atoms. The predicted molar refractivity (Wildman–Crippen MR) is 106 cm³/mol. The highest BCUT2D eigenvalue weighted by molar-refractivity contribution is 5.98. The number of methoxy groups -OCH3 is 1. The fraction of sp³-hybridized carbons (Fsp3) is 0.333. The summed E-state index contributed by atoms with van der Waals surface area (Å²) in [6.07, 6.45) is 1.68. The number of hydrogen-bond acceptors (Lipinski definition) is 4. The Kier molecular flexibility index (Phi) is 6.44. The maximum absolute atomic E-state index is 12.5. The smallest absolute Gasteiger partial charge is 0.251 e. The second kappa shape index (κ2) is 9.19. The van der Waals surface area contributed by atoms with E-state index < -0.39 is 0 Å². The second-order valence-electron chi connectivity index (χ2n) is 6.46. The van der Waals surface area contributed by atoms with E-state index >= 15 is 0 Å². The van der Waals surface area contributed by atoms with Crippen molar-refractivity contribution in [1.29, 1.82) is 0 Å². The van der Waals surface area contributed by atoms with Crippen LogP contribution in [0.1, 0.15) is 22.3 Å². The van der Waals surface area contributed by atoms with Crippen molar-refractivity contribution < 1.29 is 14.3 Å². The van der Waals surface area contributed by atoms with E-state index in [4.69, 9.17) is 4.74 Å². The molecule has 2 aromatic carbocycles. The van der Waals surface area contributed by atoms with Gasteiger partial charge in [0.1, 0.15) is 0 Å². The van der Waals surface area contributed by atoms with Gasteiger partial charge in [0.2, 0.25) is 5.91 Å². The Bertz CT molecular complexity index is 790. The molecule has 1 aliphatic rings. The van der Waals surface area contributed by atoms with E-state index in [1.165, 1.54) is 5.56 Å². The third kappa shape index (κ3) is 4.86. The molecule has 0 aromatic heterocycles. The van der Waals surface area contributed by atoms with Crippen LogP contribution in [0.2, 0.25) is 0 Å². The van der Waals surface area contributed by atoms with Crippen LogP contribution in [0.15, 0.2) is 48.5 Å². The summed E-state index contributed by atoms with van der Waals surface area (Å²) < 4.78 is 4.96. The van der Waals surface area contributed by atoms with Crippen LogP contribution in [0.3, 0.4) is 0 Å². The van der Waals surface area contributed by atoms with Crippen molar-refractivity contribution in [2.24, 2.45) is 0 Å². The number of hydrogen-bond donors (Lipinski definition) is 2. The van der Waals surface area contributed by atoms with Crippen molar-refractivity contribution in [2.75, 3.05) is 43.6 Å². The molecule has 0 atom stereocenters. The van der Waals surface area contributed by atoms with Gasteiger partial charge in [-0.2, -0.15) is 0 Å². The number of rotatable bonds is 8. The van der Waals surface area contributed by atoms with Gasteiger partial charge >= 0.3 is 0 Å². The molecule has 3 rings (SSSR count). The van der Waals surface area contributed by atoms with Crippen LogP contribution in [-0.4, -0.2) is 45.2 Å². The quantitative estimate of drug-likeness (QED) is 0.703. The number of carbonyl (C=O) groups excluding carboxylic acids is 2. The molecule has 0 saturated carbocycles. The lowest BCUT2D eigenvalue weighted by Gasteiger charge is -2.18. The summed E-state index contributed by atoms with van der Waals surface area (Å²) in [7, 11) is 1.64.